The van der Waals surface area contributed by atoms with E-state index >= 15 is 0 Å². The Balaban J connectivity index is 2.04. The van der Waals surface area contributed by atoms with Gasteiger partial charge in [0, 0.05) is 16.7 Å². The summed E-state index contributed by atoms with van der Waals surface area (Å²) in [5, 5.41) is 2.95. The van der Waals surface area contributed by atoms with Gasteiger partial charge in [-0.3, -0.25) is 13.9 Å². The molecule has 7 nitrogen and oxygen atoms in total. The van der Waals surface area contributed by atoms with Gasteiger partial charge in [0.15, 0.2) is 0 Å². The van der Waals surface area contributed by atoms with E-state index < -0.39 is 28.5 Å². The average molecular weight is 662 g/mol. The molecule has 0 spiro atoms. The van der Waals surface area contributed by atoms with Crippen molar-refractivity contribution in [2.45, 2.75) is 51.6 Å². The molecule has 0 aromatic heterocycles. The van der Waals surface area contributed by atoms with Gasteiger partial charge < -0.3 is 10.2 Å². The van der Waals surface area contributed by atoms with E-state index in [4.69, 9.17) is 0 Å². The molecule has 3 rings (SSSR count). The SMILES string of the molecule is CC[C@@H](C(=O)NCC(C)C)N(Cc1ccccc1C)C(=O)CN(c1ccc(I)cc1)S(=O)(=O)c1ccccc1. The van der Waals surface area contributed by atoms with Gasteiger partial charge in [0.1, 0.15) is 12.6 Å². The van der Waals surface area contributed by atoms with Crippen LogP contribution < -0.4 is 9.62 Å². The van der Waals surface area contributed by atoms with Gasteiger partial charge in [-0.25, -0.2) is 8.42 Å². The monoisotopic (exact) mass is 661 g/mol. The molecule has 1 atom stereocenters. The first kappa shape index (κ1) is 30.6. The summed E-state index contributed by atoms with van der Waals surface area (Å²) in [6.07, 6.45) is 0.385. The molecule has 0 heterocycles. The molecule has 0 unspecified atom stereocenters. The fourth-order valence-electron chi connectivity index (χ4n) is 4.17. The Kier molecular flexibility index (Phi) is 10.9. The number of halogens is 1. The molecule has 0 aliphatic heterocycles. The lowest BCUT2D eigenvalue weighted by Gasteiger charge is -2.33. The van der Waals surface area contributed by atoms with Crippen molar-refractivity contribution in [2.75, 3.05) is 17.4 Å². The third-order valence-corrected chi connectivity index (χ3v) is 8.90. The number of sulfonamides is 1. The Labute approximate surface area is 245 Å². The van der Waals surface area contributed by atoms with Crippen LogP contribution in [0.4, 0.5) is 5.69 Å². The van der Waals surface area contributed by atoms with E-state index in [2.05, 4.69) is 27.9 Å². The van der Waals surface area contributed by atoms with Crippen molar-refractivity contribution in [1.29, 1.82) is 0 Å². The lowest BCUT2D eigenvalue weighted by atomic mass is 10.1. The highest BCUT2D eigenvalue weighted by Gasteiger charge is 2.33. The molecule has 0 saturated heterocycles. The third kappa shape index (κ3) is 8.04. The maximum atomic E-state index is 14.1. The maximum Gasteiger partial charge on any atom is 0.264 e. The van der Waals surface area contributed by atoms with Crippen LogP contribution in [0.3, 0.4) is 0 Å². The summed E-state index contributed by atoms with van der Waals surface area (Å²) in [6.45, 7) is 8.04. The Hall–Kier alpha value is -2.92. The van der Waals surface area contributed by atoms with E-state index in [-0.39, 0.29) is 23.3 Å². The zero-order valence-electron chi connectivity index (χ0n) is 22.8. The van der Waals surface area contributed by atoms with E-state index in [0.29, 0.717) is 18.7 Å². The van der Waals surface area contributed by atoms with Crippen LogP contribution in [0, 0.1) is 16.4 Å². The van der Waals surface area contributed by atoms with Crippen LogP contribution in [-0.4, -0.2) is 44.3 Å². The number of carbonyl (C=O) groups is 2. The highest BCUT2D eigenvalue weighted by molar-refractivity contribution is 14.1. The molecule has 1 N–H and O–H groups in total. The van der Waals surface area contributed by atoms with Crippen molar-refractivity contribution in [3.05, 3.63) is 93.6 Å². The van der Waals surface area contributed by atoms with Crippen molar-refractivity contribution in [3.63, 3.8) is 0 Å². The lowest BCUT2D eigenvalue weighted by molar-refractivity contribution is -0.140. The Bertz CT molecular complexity index is 1360. The maximum absolute atomic E-state index is 14.1. The van der Waals surface area contributed by atoms with E-state index in [1.54, 1.807) is 42.5 Å². The number of nitrogens with zero attached hydrogens (tertiary/aromatic N) is 2. The minimum atomic E-state index is -4.07. The Morgan fingerprint density at radius 1 is 0.923 bits per heavy atom. The van der Waals surface area contributed by atoms with E-state index in [0.717, 1.165) is 19.0 Å². The van der Waals surface area contributed by atoms with Gasteiger partial charge in [0.25, 0.3) is 10.0 Å². The number of hydrogen-bond acceptors (Lipinski definition) is 4. The Morgan fingerprint density at radius 2 is 1.54 bits per heavy atom. The molecule has 39 heavy (non-hydrogen) atoms. The average Bonchev–Trinajstić information content (AvgIpc) is 2.92. The summed E-state index contributed by atoms with van der Waals surface area (Å²) in [6, 6.07) is 22.0. The van der Waals surface area contributed by atoms with Gasteiger partial charge in [-0.05, 0) is 89.4 Å². The van der Waals surface area contributed by atoms with E-state index in [1.165, 1.54) is 17.0 Å². The van der Waals surface area contributed by atoms with E-state index in [9.17, 15) is 18.0 Å². The quantitative estimate of drug-likeness (QED) is 0.265. The summed E-state index contributed by atoms with van der Waals surface area (Å²) in [7, 11) is -4.07. The predicted molar refractivity (Wildman–Crippen MR) is 164 cm³/mol. The predicted octanol–water partition coefficient (Wildman–Crippen LogP) is 5.37. The van der Waals surface area contributed by atoms with E-state index in [1.807, 2.05) is 52.0 Å². The number of rotatable bonds is 12. The highest BCUT2D eigenvalue weighted by atomic mass is 127. The fourth-order valence-corrected chi connectivity index (χ4v) is 5.96. The molecule has 3 aromatic carbocycles. The first-order valence-corrected chi connectivity index (χ1v) is 15.5. The Morgan fingerprint density at radius 3 is 2.13 bits per heavy atom. The standard InChI is InChI=1S/C30H36IN3O4S/c1-5-28(30(36)32-19-22(2)3)33(20-24-12-10-9-11-23(24)4)29(35)21-34(26-17-15-25(31)16-18-26)39(37,38)27-13-7-6-8-14-27/h6-18,22,28H,5,19-21H2,1-4H3,(H,32,36)/t28-/m0/s1. The van der Waals surface area contributed by atoms with Crippen LogP contribution >= 0.6 is 22.6 Å². The van der Waals surface area contributed by atoms with Crippen molar-refractivity contribution < 1.29 is 18.0 Å². The van der Waals surface area contributed by atoms with Gasteiger partial charge in [0.05, 0.1) is 10.6 Å². The summed E-state index contributed by atoms with van der Waals surface area (Å²) >= 11 is 2.15. The van der Waals surface area contributed by atoms with Crippen LogP contribution in [0.2, 0.25) is 0 Å². The molecular formula is C30H36IN3O4S. The van der Waals surface area contributed by atoms with Gasteiger partial charge in [-0.1, -0.05) is 63.2 Å². The van der Waals surface area contributed by atoms with Gasteiger partial charge in [0.2, 0.25) is 11.8 Å². The first-order valence-electron chi connectivity index (χ1n) is 13.0. The molecule has 0 fully saturated rings. The van der Waals surface area contributed by atoms with Crippen molar-refractivity contribution >= 4 is 50.1 Å². The smallest absolute Gasteiger partial charge is 0.264 e. The number of aryl methyl sites for hydroxylation is 1. The van der Waals surface area contributed by atoms with Crippen molar-refractivity contribution in [1.82, 2.24) is 10.2 Å². The first-order chi connectivity index (χ1) is 18.5. The van der Waals surface area contributed by atoms with Crippen molar-refractivity contribution in [3.8, 4) is 0 Å². The molecule has 208 valence electrons. The minimum Gasteiger partial charge on any atom is -0.354 e. The molecule has 2 amide bonds. The summed E-state index contributed by atoms with van der Waals surface area (Å²) in [5.41, 5.74) is 2.26. The molecular weight excluding hydrogens is 625 g/mol. The molecule has 0 radical (unpaired) electrons. The number of benzene rings is 3. The molecule has 0 saturated carbocycles. The van der Waals surface area contributed by atoms with Crippen LogP contribution in [-0.2, 0) is 26.2 Å². The molecule has 9 heteroatoms. The zero-order valence-corrected chi connectivity index (χ0v) is 25.8. The second-order valence-electron chi connectivity index (χ2n) is 9.81. The number of amides is 2. The lowest BCUT2D eigenvalue weighted by Crippen LogP contribution is -2.52. The summed E-state index contributed by atoms with van der Waals surface area (Å²) in [4.78, 5) is 28.9. The van der Waals surface area contributed by atoms with Crippen molar-refractivity contribution in [2.24, 2.45) is 5.92 Å². The molecule has 0 aliphatic rings. The second kappa shape index (κ2) is 13.9. The molecule has 0 bridgehead atoms. The normalized spacial score (nSPS) is 12.2. The second-order valence-corrected chi connectivity index (χ2v) is 12.9. The number of anilines is 1. The zero-order chi connectivity index (χ0) is 28.6. The highest BCUT2D eigenvalue weighted by Crippen LogP contribution is 2.26. The van der Waals surface area contributed by atoms with Gasteiger partial charge in [-0.2, -0.15) is 0 Å². The molecule has 3 aromatic rings. The number of hydrogen-bond donors (Lipinski definition) is 1. The third-order valence-electron chi connectivity index (χ3n) is 6.40. The topological polar surface area (TPSA) is 86.8 Å². The van der Waals surface area contributed by atoms with Gasteiger partial charge in [-0.15, -0.1) is 0 Å². The summed E-state index contributed by atoms with van der Waals surface area (Å²) < 4.78 is 29.7. The van der Waals surface area contributed by atoms with Crippen LogP contribution in [0.1, 0.15) is 38.3 Å². The van der Waals surface area contributed by atoms with Crippen LogP contribution in [0.25, 0.3) is 0 Å². The number of nitrogens with one attached hydrogen (secondary N) is 1. The molecule has 0 aliphatic carbocycles. The largest absolute Gasteiger partial charge is 0.354 e. The summed E-state index contributed by atoms with van der Waals surface area (Å²) in [5.74, 6) is -0.456. The number of carbonyl (C=O) groups excluding carboxylic acids is 2. The fraction of sp³-hybridized carbons (Fsp3) is 0.333. The minimum absolute atomic E-state index is 0.0866. The van der Waals surface area contributed by atoms with Crippen LogP contribution in [0.15, 0.2) is 83.8 Å². The van der Waals surface area contributed by atoms with Crippen LogP contribution in [0.5, 0.6) is 0 Å². The van der Waals surface area contributed by atoms with Gasteiger partial charge >= 0.3 is 0 Å².